The maximum absolute atomic E-state index is 12.6. The number of nitrogens with one attached hydrogen (secondary N) is 2. The molecule has 0 unspecified atom stereocenters. The Labute approximate surface area is 171 Å². The van der Waals surface area contributed by atoms with Crippen LogP contribution in [0.3, 0.4) is 0 Å². The molecule has 4 rings (SSSR count). The predicted octanol–water partition coefficient (Wildman–Crippen LogP) is 2.46. The highest BCUT2D eigenvalue weighted by molar-refractivity contribution is 5.91. The monoisotopic (exact) mass is 399 g/mol. The number of hydrogen-bond acceptors (Lipinski definition) is 6. The summed E-state index contributed by atoms with van der Waals surface area (Å²) in [6.45, 7) is 2.30. The van der Waals surface area contributed by atoms with Gasteiger partial charge in [-0.3, -0.25) is 4.79 Å². The van der Waals surface area contributed by atoms with Crippen LogP contribution in [0.1, 0.15) is 60.6 Å². The molecular weight excluding hydrogens is 370 g/mol. The smallest absolute Gasteiger partial charge is 0.273 e. The fourth-order valence-corrected chi connectivity index (χ4v) is 4.00. The molecule has 29 heavy (non-hydrogen) atoms. The molecule has 0 radical (unpaired) electrons. The molecule has 156 valence electrons. The van der Waals surface area contributed by atoms with Crippen molar-refractivity contribution in [3.63, 3.8) is 0 Å². The molecule has 1 aliphatic heterocycles. The van der Waals surface area contributed by atoms with Crippen LogP contribution in [0, 0.1) is 0 Å². The fourth-order valence-electron chi connectivity index (χ4n) is 4.00. The molecule has 1 saturated carbocycles. The first-order chi connectivity index (χ1) is 14.2. The minimum absolute atomic E-state index is 0.229. The quantitative estimate of drug-likeness (QED) is 0.743. The molecule has 2 fully saturated rings. The summed E-state index contributed by atoms with van der Waals surface area (Å²) in [6.07, 6.45) is 8.53. The maximum Gasteiger partial charge on any atom is 0.273 e. The summed E-state index contributed by atoms with van der Waals surface area (Å²) >= 11 is 0. The number of carbonyl (C=O) groups is 1. The van der Waals surface area contributed by atoms with Crippen molar-refractivity contribution in [2.24, 2.45) is 0 Å². The summed E-state index contributed by atoms with van der Waals surface area (Å²) in [5.74, 6) is 1.29. The zero-order valence-corrected chi connectivity index (χ0v) is 16.9. The molecule has 2 aromatic rings. The number of methoxy groups -OCH3 is 1. The third-order valence-electron chi connectivity index (χ3n) is 5.74. The summed E-state index contributed by atoms with van der Waals surface area (Å²) in [5, 5.41) is 14.5. The van der Waals surface area contributed by atoms with Crippen LogP contribution < -0.4 is 20.1 Å². The lowest BCUT2D eigenvalue weighted by atomic mass is 10.1. The zero-order chi connectivity index (χ0) is 20.1. The van der Waals surface area contributed by atoms with E-state index in [1.54, 1.807) is 13.3 Å². The number of nitrogens with zero attached hydrogens (tertiary/aromatic N) is 3. The molecule has 1 aromatic heterocycles. The Morgan fingerprint density at radius 3 is 2.79 bits per heavy atom. The number of rotatable bonds is 7. The van der Waals surface area contributed by atoms with Crippen LogP contribution >= 0.6 is 0 Å². The van der Waals surface area contributed by atoms with Gasteiger partial charge in [0.2, 0.25) is 0 Å². The highest BCUT2D eigenvalue weighted by Gasteiger charge is 2.20. The molecule has 2 N–H and O–H groups in total. The van der Waals surface area contributed by atoms with Crippen LogP contribution in [0.2, 0.25) is 0 Å². The van der Waals surface area contributed by atoms with E-state index in [-0.39, 0.29) is 12.0 Å². The number of piperidine rings is 1. The van der Waals surface area contributed by atoms with E-state index < -0.39 is 0 Å². The Morgan fingerprint density at radius 2 is 2.03 bits per heavy atom. The molecule has 0 spiro atoms. The van der Waals surface area contributed by atoms with E-state index >= 15 is 0 Å². The first-order valence-corrected chi connectivity index (χ1v) is 10.5. The summed E-state index contributed by atoms with van der Waals surface area (Å²) in [4.78, 5) is 12.6. The van der Waals surface area contributed by atoms with Gasteiger partial charge < -0.3 is 20.1 Å². The molecule has 0 bridgehead atoms. The van der Waals surface area contributed by atoms with Gasteiger partial charge in [-0.2, -0.15) is 0 Å². The van der Waals surface area contributed by atoms with E-state index in [9.17, 15) is 4.79 Å². The Bertz CT molecular complexity index is 825. The van der Waals surface area contributed by atoms with Gasteiger partial charge in [-0.1, -0.05) is 5.21 Å². The number of hydrogen-bond donors (Lipinski definition) is 2. The van der Waals surface area contributed by atoms with Gasteiger partial charge in [0.25, 0.3) is 5.91 Å². The van der Waals surface area contributed by atoms with Gasteiger partial charge in [-0.05, 0) is 63.7 Å². The van der Waals surface area contributed by atoms with E-state index in [0.717, 1.165) is 55.8 Å². The van der Waals surface area contributed by atoms with Crippen molar-refractivity contribution in [3.8, 4) is 11.5 Å². The fraction of sp³-hybridized carbons (Fsp3) is 0.571. The number of ether oxygens (including phenoxy) is 2. The van der Waals surface area contributed by atoms with Crippen molar-refractivity contribution in [3.05, 3.63) is 35.7 Å². The van der Waals surface area contributed by atoms with Gasteiger partial charge in [0.15, 0.2) is 5.69 Å². The number of benzene rings is 1. The first kappa shape index (κ1) is 19.7. The Balaban J connectivity index is 1.40. The van der Waals surface area contributed by atoms with E-state index in [2.05, 4.69) is 20.9 Å². The SMILES string of the molecule is COc1ccc(CNC(=O)c2cn(C3CCNCC3)nn2)c(OC2CCCC2)c1. The summed E-state index contributed by atoms with van der Waals surface area (Å²) in [7, 11) is 1.64. The number of amides is 1. The van der Waals surface area contributed by atoms with Crippen LogP contribution in [0.5, 0.6) is 11.5 Å². The Hall–Kier alpha value is -2.61. The molecule has 1 saturated heterocycles. The van der Waals surface area contributed by atoms with Gasteiger partial charge in [0.05, 0.1) is 25.5 Å². The van der Waals surface area contributed by atoms with Crippen LogP contribution in [0.25, 0.3) is 0 Å². The Kier molecular flexibility index (Phi) is 6.29. The van der Waals surface area contributed by atoms with Gasteiger partial charge in [-0.25, -0.2) is 4.68 Å². The van der Waals surface area contributed by atoms with Crippen molar-refractivity contribution in [1.29, 1.82) is 0 Å². The van der Waals surface area contributed by atoms with Gasteiger partial charge in [0, 0.05) is 18.2 Å². The van der Waals surface area contributed by atoms with Crippen molar-refractivity contribution in [1.82, 2.24) is 25.6 Å². The van der Waals surface area contributed by atoms with Gasteiger partial charge in [-0.15, -0.1) is 5.10 Å². The summed E-state index contributed by atoms with van der Waals surface area (Å²) in [6, 6.07) is 6.03. The third-order valence-corrected chi connectivity index (χ3v) is 5.74. The molecule has 0 atom stereocenters. The maximum atomic E-state index is 12.6. The van der Waals surface area contributed by atoms with Crippen LogP contribution in [-0.4, -0.2) is 47.2 Å². The van der Waals surface area contributed by atoms with E-state index in [1.165, 1.54) is 12.8 Å². The minimum atomic E-state index is -0.229. The lowest BCUT2D eigenvalue weighted by molar-refractivity contribution is 0.0945. The second-order valence-corrected chi connectivity index (χ2v) is 7.75. The predicted molar refractivity (Wildman–Crippen MR) is 108 cm³/mol. The van der Waals surface area contributed by atoms with Crippen LogP contribution in [0.15, 0.2) is 24.4 Å². The van der Waals surface area contributed by atoms with Gasteiger partial charge in [0.1, 0.15) is 11.5 Å². The topological polar surface area (TPSA) is 90.3 Å². The molecule has 1 aliphatic carbocycles. The van der Waals surface area contributed by atoms with Crippen molar-refractivity contribution < 1.29 is 14.3 Å². The van der Waals surface area contributed by atoms with Gasteiger partial charge >= 0.3 is 0 Å². The molecule has 8 heteroatoms. The third kappa shape index (κ3) is 4.87. The van der Waals surface area contributed by atoms with Crippen LogP contribution in [-0.2, 0) is 6.54 Å². The average molecular weight is 399 g/mol. The highest BCUT2D eigenvalue weighted by atomic mass is 16.5. The van der Waals surface area contributed by atoms with Crippen LogP contribution in [0.4, 0.5) is 0 Å². The molecule has 2 heterocycles. The van der Waals surface area contributed by atoms with Crippen molar-refractivity contribution >= 4 is 5.91 Å². The second-order valence-electron chi connectivity index (χ2n) is 7.75. The first-order valence-electron chi connectivity index (χ1n) is 10.5. The summed E-state index contributed by atoms with van der Waals surface area (Å²) < 4.78 is 13.4. The largest absolute Gasteiger partial charge is 0.497 e. The van der Waals surface area contributed by atoms with E-state index in [0.29, 0.717) is 18.3 Å². The molecule has 2 aliphatic rings. The second kappa shape index (κ2) is 9.26. The van der Waals surface area contributed by atoms with Crippen molar-refractivity contribution in [2.75, 3.05) is 20.2 Å². The number of aromatic nitrogens is 3. The Morgan fingerprint density at radius 1 is 1.24 bits per heavy atom. The zero-order valence-electron chi connectivity index (χ0n) is 16.9. The van der Waals surface area contributed by atoms with Crippen molar-refractivity contribution in [2.45, 2.75) is 57.2 Å². The average Bonchev–Trinajstić information content (AvgIpc) is 3.45. The normalized spacial score (nSPS) is 18.0. The standard InChI is InChI=1S/C21H29N5O3/c1-28-18-7-6-15(20(12-18)29-17-4-2-3-5-17)13-23-21(27)19-14-26(25-24-19)16-8-10-22-11-9-16/h6-7,12,14,16-17,22H,2-5,8-11,13H2,1H3,(H,23,27). The van der Waals surface area contributed by atoms with E-state index in [1.807, 2.05) is 22.9 Å². The highest BCUT2D eigenvalue weighted by Crippen LogP contribution is 2.30. The lowest BCUT2D eigenvalue weighted by Crippen LogP contribution is -2.29. The minimum Gasteiger partial charge on any atom is -0.497 e. The molecule has 8 nitrogen and oxygen atoms in total. The van der Waals surface area contributed by atoms with E-state index in [4.69, 9.17) is 9.47 Å². The molecule has 1 aromatic carbocycles. The lowest BCUT2D eigenvalue weighted by Gasteiger charge is -2.22. The summed E-state index contributed by atoms with van der Waals surface area (Å²) in [5.41, 5.74) is 1.27. The molecule has 1 amide bonds. The molecular formula is C21H29N5O3. The number of carbonyl (C=O) groups excluding carboxylic acids is 1.